The van der Waals surface area contributed by atoms with Crippen molar-refractivity contribution in [3.8, 4) is 0 Å². The first-order valence-corrected chi connectivity index (χ1v) is 8.72. The van der Waals surface area contributed by atoms with Crippen LogP contribution >= 0.6 is 0 Å². The molecule has 2 rings (SSSR count). The molecule has 1 amide bonds. The number of hydrogen-bond donors (Lipinski definition) is 1. The van der Waals surface area contributed by atoms with E-state index in [1.54, 1.807) is 6.07 Å². The van der Waals surface area contributed by atoms with Crippen LogP contribution < -0.4 is 5.32 Å². The molecule has 0 aromatic heterocycles. The molecule has 0 spiro atoms. The first kappa shape index (κ1) is 20.8. The Morgan fingerprint density at radius 3 is 2.61 bits per heavy atom. The number of benzene rings is 2. The molecule has 7 heteroatoms. The molecule has 0 aliphatic heterocycles. The second-order valence-corrected chi connectivity index (χ2v) is 6.43. The molecule has 1 N–H and O–H groups in total. The molecule has 0 fully saturated rings. The highest BCUT2D eigenvalue weighted by Gasteiger charge is 2.12. The summed E-state index contributed by atoms with van der Waals surface area (Å²) in [7, 11) is 0. The molecule has 0 heterocycles. The van der Waals surface area contributed by atoms with E-state index in [1.807, 2.05) is 39.0 Å². The van der Waals surface area contributed by atoms with Crippen LogP contribution in [0.4, 0.5) is 5.69 Å². The van der Waals surface area contributed by atoms with Crippen molar-refractivity contribution in [1.82, 2.24) is 5.32 Å². The lowest BCUT2D eigenvalue weighted by atomic mass is 10.0. The lowest BCUT2D eigenvalue weighted by Crippen LogP contribution is -2.31. The number of carbonyl (C=O) groups excluding carboxylic acids is 2. The second kappa shape index (κ2) is 9.45. The molecule has 0 radical (unpaired) electrons. The van der Waals surface area contributed by atoms with Crippen LogP contribution in [0.15, 0.2) is 48.5 Å². The summed E-state index contributed by atoms with van der Waals surface area (Å²) in [6.07, 6.45) is 2.52. The number of hydrogen-bond acceptors (Lipinski definition) is 5. The lowest BCUT2D eigenvalue weighted by molar-refractivity contribution is -0.384. The predicted octanol–water partition coefficient (Wildman–Crippen LogP) is 3.65. The number of nitro benzene ring substituents is 1. The molecule has 0 aliphatic carbocycles. The van der Waals surface area contributed by atoms with Gasteiger partial charge in [-0.15, -0.1) is 0 Å². The molecule has 0 aliphatic rings. The number of ether oxygens (including phenoxy) is 1. The normalized spacial score (nSPS) is 11.8. The SMILES string of the molecule is Cc1ccc([C@@H](C)NC(=O)COC(=O)/C=C/c2cccc([N+](=O)[O-])c2)cc1C. The summed E-state index contributed by atoms with van der Waals surface area (Å²) in [5, 5.41) is 13.5. The molecule has 2 aromatic rings. The maximum atomic E-state index is 12.0. The van der Waals surface area contributed by atoms with Crippen LogP contribution in [0.5, 0.6) is 0 Å². The summed E-state index contributed by atoms with van der Waals surface area (Å²) in [5.74, 6) is -1.12. The van der Waals surface area contributed by atoms with E-state index in [0.29, 0.717) is 5.56 Å². The number of non-ortho nitro benzene ring substituents is 1. The summed E-state index contributed by atoms with van der Waals surface area (Å²) < 4.78 is 4.91. The van der Waals surface area contributed by atoms with E-state index in [9.17, 15) is 19.7 Å². The smallest absolute Gasteiger partial charge is 0.331 e. The molecular weight excluding hydrogens is 360 g/mol. The van der Waals surface area contributed by atoms with Gasteiger partial charge < -0.3 is 10.1 Å². The van der Waals surface area contributed by atoms with Gasteiger partial charge in [-0.3, -0.25) is 14.9 Å². The van der Waals surface area contributed by atoms with Gasteiger partial charge in [0.1, 0.15) is 0 Å². The Morgan fingerprint density at radius 2 is 1.93 bits per heavy atom. The standard InChI is InChI=1S/C21H22N2O5/c1-14-7-9-18(11-15(14)2)16(3)22-20(24)13-28-21(25)10-8-17-5-4-6-19(12-17)23(26)27/h4-12,16H,13H2,1-3H3,(H,22,24)/b10-8+/t16-/m1/s1. The van der Waals surface area contributed by atoms with Gasteiger partial charge in [0, 0.05) is 18.2 Å². The summed E-state index contributed by atoms with van der Waals surface area (Å²) in [6, 6.07) is 11.6. The van der Waals surface area contributed by atoms with Gasteiger partial charge >= 0.3 is 5.97 Å². The van der Waals surface area contributed by atoms with Crippen molar-refractivity contribution in [2.24, 2.45) is 0 Å². The van der Waals surface area contributed by atoms with Crippen LogP contribution in [0.3, 0.4) is 0 Å². The fourth-order valence-electron chi connectivity index (χ4n) is 2.49. The zero-order valence-corrected chi connectivity index (χ0v) is 16.0. The summed E-state index contributed by atoms with van der Waals surface area (Å²) in [6.45, 7) is 5.46. The number of aryl methyl sites for hydroxylation is 2. The van der Waals surface area contributed by atoms with Crippen LogP contribution in [0.1, 0.15) is 35.2 Å². The maximum Gasteiger partial charge on any atom is 0.331 e. The highest BCUT2D eigenvalue weighted by Crippen LogP contribution is 2.17. The first-order valence-electron chi connectivity index (χ1n) is 8.72. The van der Waals surface area contributed by atoms with Gasteiger partial charge in [-0.25, -0.2) is 4.79 Å². The predicted molar refractivity (Wildman–Crippen MR) is 106 cm³/mol. The van der Waals surface area contributed by atoms with Gasteiger partial charge in [-0.1, -0.05) is 30.3 Å². The Bertz CT molecular complexity index is 921. The minimum Gasteiger partial charge on any atom is -0.452 e. The molecule has 1 atom stereocenters. The number of nitro groups is 1. The van der Waals surface area contributed by atoms with Gasteiger partial charge in [-0.05, 0) is 49.1 Å². The van der Waals surface area contributed by atoms with Crippen molar-refractivity contribution in [3.63, 3.8) is 0 Å². The monoisotopic (exact) mass is 382 g/mol. The van der Waals surface area contributed by atoms with Crippen LogP contribution in [0.2, 0.25) is 0 Å². The van der Waals surface area contributed by atoms with Crippen molar-refractivity contribution in [2.45, 2.75) is 26.8 Å². The zero-order valence-electron chi connectivity index (χ0n) is 16.0. The molecule has 0 saturated carbocycles. The molecule has 2 aromatic carbocycles. The highest BCUT2D eigenvalue weighted by molar-refractivity contribution is 5.89. The van der Waals surface area contributed by atoms with Crippen molar-refractivity contribution >= 4 is 23.6 Å². The topological polar surface area (TPSA) is 98.5 Å². The highest BCUT2D eigenvalue weighted by atomic mass is 16.6. The quantitative estimate of drug-likeness (QED) is 0.341. The van der Waals surface area contributed by atoms with E-state index < -0.39 is 23.4 Å². The average Bonchev–Trinajstić information content (AvgIpc) is 2.67. The van der Waals surface area contributed by atoms with Gasteiger partial charge in [0.2, 0.25) is 0 Å². The van der Waals surface area contributed by atoms with Gasteiger partial charge in [0.15, 0.2) is 6.61 Å². The van der Waals surface area contributed by atoms with E-state index in [0.717, 1.165) is 17.2 Å². The molecule has 146 valence electrons. The van der Waals surface area contributed by atoms with E-state index in [4.69, 9.17) is 4.74 Å². The number of amides is 1. The number of nitrogens with zero attached hydrogens (tertiary/aromatic N) is 1. The Balaban J connectivity index is 1.84. The van der Waals surface area contributed by atoms with Crippen molar-refractivity contribution < 1.29 is 19.2 Å². The molecular formula is C21H22N2O5. The fourth-order valence-corrected chi connectivity index (χ4v) is 2.49. The fraction of sp³-hybridized carbons (Fsp3) is 0.238. The first-order chi connectivity index (χ1) is 13.3. The van der Waals surface area contributed by atoms with E-state index in [1.165, 1.54) is 29.8 Å². The summed E-state index contributed by atoms with van der Waals surface area (Å²) in [5.41, 5.74) is 3.69. The van der Waals surface area contributed by atoms with Crippen LogP contribution in [-0.2, 0) is 14.3 Å². The number of esters is 1. The third kappa shape index (κ3) is 6.05. The third-order valence-corrected chi connectivity index (χ3v) is 4.25. The Labute approximate surface area is 163 Å². The minimum absolute atomic E-state index is 0.0739. The maximum absolute atomic E-state index is 12.0. The van der Waals surface area contributed by atoms with E-state index >= 15 is 0 Å². The van der Waals surface area contributed by atoms with E-state index in [2.05, 4.69) is 5.32 Å². The van der Waals surface area contributed by atoms with Gasteiger partial charge in [0.05, 0.1) is 11.0 Å². The van der Waals surface area contributed by atoms with Crippen LogP contribution in [0, 0.1) is 24.0 Å². The van der Waals surface area contributed by atoms with Gasteiger partial charge in [0.25, 0.3) is 11.6 Å². The second-order valence-electron chi connectivity index (χ2n) is 6.43. The molecule has 0 unspecified atom stereocenters. The Morgan fingerprint density at radius 1 is 1.18 bits per heavy atom. The van der Waals surface area contributed by atoms with Crippen LogP contribution in [0.25, 0.3) is 6.08 Å². The zero-order chi connectivity index (χ0) is 20.7. The number of nitrogens with one attached hydrogen (secondary N) is 1. The Kier molecular flexibility index (Phi) is 7.03. The minimum atomic E-state index is -0.708. The number of carbonyl (C=O) groups is 2. The average molecular weight is 382 g/mol. The largest absolute Gasteiger partial charge is 0.452 e. The number of rotatable bonds is 7. The summed E-state index contributed by atoms with van der Waals surface area (Å²) >= 11 is 0. The molecule has 0 bridgehead atoms. The van der Waals surface area contributed by atoms with Gasteiger partial charge in [-0.2, -0.15) is 0 Å². The molecule has 0 saturated heterocycles. The summed E-state index contributed by atoms with van der Waals surface area (Å²) in [4.78, 5) is 34.0. The van der Waals surface area contributed by atoms with Crippen molar-refractivity contribution in [2.75, 3.05) is 6.61 Å². The van der Waals surface area contributed by atoms with E-state index in [-0.39, 0.29) is 11.7 Å². The van der Waals surface area contributed by atoms with Crippen molar-refractivity contribution in [3.05, 3.63) is 80.9 Å². The molecule has 28 heavy (non-hydrogen) atoms. The molecule has 7 nitrogen and oxygen atoms in total. The third-order valence-electron chi connectivity index (χ3n) is 4.25. The Hall–Kier alpha value is -3.48. The van der Waals surface area contributed by atoms with Crippen LogP contribution in [-0.4, -0.2) is 23.4 Å². The van der Waals surface area contributed by atoms with Crippen molar-refractivity contribution in [1.29, 1.82) is 0 Å². The lowest BCUT2D eigenvalue weighted by Gasteiger charge is -2.15.